The molecule has 0 aromatic rings. The number of hydrogen-bond acceptors (Lipinski definition) is 3. The second-order valence-electron chi connectivity index (χ2n) is 3.86. The zero-order valence-electron chi connectivity index (χ0n) is 10.7. The second kappa shape index (κ2) is 6.55. The first-order chi connectivity index (χ1) is 8.63. The lowest BCUT2D eigenvalue weighted by Gasteiger charge is -2.24. The van der Waals surface area contributed by atoms with E-state index in [0.717, 1.165) is 12.8 Å². The van der Waals surface area contributed by atoms with E-state index in [0.29, 0.717) is 18.9 Å². The molecule has 6 nitrogen and oxygen atoms in total. The summed E-state index contributed by atoms with van der Waals surface area (Å²) in [6.07, 6.45) is 1.76. The van der Waals surface area contributed by atoms with Gasteiger partial charge in [0.1, 0.15) is 12.2 Å². The highest BCUT2D eigenvalue weighted by molar-refractivity contribution is 5.93. The van der Waals surface area contributed by atoms with Gasteiger partial charge in [0.25, 0.3) is 5.91 Å². The summed E-state index contributed by atoms with van der Waals surface area (Å²) in [6.45, 7) is 8.11. The molecule has 1 aliphatic heterocycles. The molecule has 0 bridgehead atoms. The molecule has 1 saturated heterocycles. The van der Waals surface area contributed by atoms with Crippen molar-refractivity contribution in [1.82, 2.24) is 9.91 Å². The van der Waals surface area contributed by atoms with Crippen LogP contribution in [0.1, 0.15) is 20.3 Å². The van der Waals surface area contributed by atoms with E-state index in [9.17, 15) is 4.79 Å². The van der Waals surface area contributed by atoms with E-state index in [1.807, 2.05) is 0 Å². The fourth-order valence-electron chi connectivity index (χ4n) is 1.95. The maximum absolute atomic E-state index is 11.6. The van der Waals surface area contributed by atoms with Crippen molar-refractivity contribution < 1.29 is 4.79 Å². The smallest absolute Gasteiger partial charge is 0.298 e. The number of nitrogens with one attached hydrogen (secondary N) is 1. The van der Waals surface area contributed by atoms with Crippen LogP contribution in [0.5, 0.6) is 0 Å². The summed E-state index contributed by atoms with van der Waals surface area (Å²) in [5, 5.41) is 12.5. The quantitative estimate of drug-likeness (QED) is 0.342. The molecule has 6 heteroatoms. The van der Waals surface area contributed by atoms with Gasteiger partial charge in [-0.1, -0.05) is 5.92 Å². The number of nitrogens with zero attached hydrogens (tertiary/aromatic N) is 4. The summed E-state index contributed by atoms with van der Waals surface area (Å²) in [4.78, 5) is 17.2. The van der Waals surface area contributed by atoms with Crippen molar-refractivity contribution in [2.75, 3.05) is 13.1 Å². The number of amidine groups is 1. The fraction of sp³-hybridized carbons (Fsp3) is 0.500. The number of hydrogen-bond donors (Lipinski definition) is 1. The van der Waals surface area contributed by atoms with Crippen molar-refractivity contribution in [2.24, 2.45) is 10.1 Å². The first-order valence-corrected chi connectivity index (χ1v) is 5.65. The normalized spacial score (nSPS) is 18.9. The molecule has 0 spiro atoms. The molecule has 0 aromatic heterocycles. The lowest BCUT2D eigenvalue weighted by molar-refractivity contribution is -0.124. The third-order valence-corrected chi connectivity index (χ3v) is 2.76. The van der Waals surface area contributed by atoms with E-state index in [-0.39, 0.29) is 11.9 Å². The molecule has 1 fully saturated rings. The predicted octanol–water partition coefficient (Wildman–Crippen LogP) is 0.554. The minimum Gasteiger partial charge on any atom is -0.330 e. The van der Waals surface area contributed by atoms with Crippen LogP contribution in [0.25, 0.3) is 0 Å². The van der Waals surface area contributed by atoms with Crippen molar-refractivity contribution in [3.63, 3.8) is 0 Å². The van der Waals surface area contributed by atoms with E-state index >= 15 is 0 Å². The highest BCUT2D eigenvalue weighted by Crippen LogP contribution is 2.16. The molecular weight excluding hydrogens is 230 g/mol. The van der Waals surface area contributed by atoms with Crippen LogP contribution >= 0.6 is 0 Å². The van der Waals surface area contributed by atoms with E-state index in [4.69, 9.17) is 5.41 Å². The summed E-state index contributed by atoms with van der Waals surface area (Å²) in [5.41, 5.74) is 0. The zero-order chi connectivity index (χ0) is 13.5. The van der Waals surface area contributed by atoms with Crippen LogP contribution in [0.2, 0.25) is 0 Å². The Morgan fingerprint density at radius 3 is 2.94 bits per heavy atom. The van der Waals surface area contributed by atoms with E-state index in [1.54, 1.807) is 23.8 Å². The highest BCUT2D eigenvalue weighted by atomic mass is 16.2. The third-order valence-electron chi connectivity index (χ3n) is 2.76. The van der Waals surface area contributed by atoms with Crippen LogP contribution in [-0.2, 0) is 4.79 Å². The molecule has 1 heterocycles. The average molecular weight is 247 g/mol. The molecule has 18 heavy (non-hydrogen) atoms. The standard InChI is InChI=1S/C12H17N5O/c1-4-5-12(18)16-7-6-11(8-16)17(14-3)10(2)15-9-13/h9,11,13H,3,6-8H2,1-2H3/b13-9?,15-10+/t11-/m0/s1. The largest absolute Gasteiger partial charge is 0.330 e. The van der Waals surface area contributed by atoms with Crippen LogP contribution in [0, 0.1) is 17.3 Å². The van der Waals surface area contributed by atoms with Gasteiger partial charge in [-0.2, -0.15) is 5.10 Å². The molecule has 0 unspecified atom stereocenters. The molecule has 1 atom stereocenters. The van der Waals surface area contributed by atoms with Crippen LogP contribution in [0.4, 0.5) is 0 Å². The van der Waals surface area contributed by atoms with Gasteiger partial charge in [-0.15, -0.1) is 0 Å². The molecule has 0 aliphatic carbocycles. The van der Waals surface area contributed by atoms with Crippen molar-refractivity contribution in [1.29, 1.82) is 5.41 Å². The average Bonchev–Trinajstić information content (AvgIpc) is 2.80. The number of amides is 1. The van der Waals surface area contributed by atoms with Gasteiger partial charge in [-0.05, 0) is 26.2 Å². The maximum Gasteiger partial charge on any atom is 0.298 e. The maximum atomic E-state index is 11.6. The van der Waals surface area contributed by atoms with Crippen molar-refractivity contribution in [3.8, 4) is 11.8 Å². The summed E-state index contributed by atoms with van der Waals surface area (Å²) in [6, 6.07) is 0.0498. The van der Waals surface area contributed by atoms with E-state index in [1.165, 1.54) is 0 Å². The van der Waals surface area contributed by atoms with Gasteiger partial charge in [0.2, 0.25) is 0 Å². The molecule has 96 valence electrons. The fourth-order valence-corrected chi connectivity index (χ4v) is 1.95. The molecule has 0 aromatic carbocycles. The van der Waals surface area contributed by atoms with Crippen LogP contribution in [0.3, 0.4) is 0 Å². The summed E-state index contributed by atoms with van der Waals surface area (Å²) >= 11 is 0. The summed E-state index contributed by atoms with van der Waals surface area (Å²) in [7, 11) is 0. The van der Waals surface area contributed by atoms with Gasteiger partial charge in [-0.25, -0.2) is 10.0 Å². The number of likely N-dealkylation sites (tertiary alicyclic amines) is 1. The van der Waals surface area contributed by atoms with Crippen molar-refractivity contribution >= 4 is 24.8 Å². The van der Waals surface area contributed by atoms with Gasteiger partial charge in [0.15, 0.2) is 0 Å². The van der Waals surface area contributed by atoms with Gasteiger partial charge in [0, 0.05) is 19.8 Å². The molecule has 1 amide bonds. The van der Waals surface area contributed by atoms with Crippen LogP contribution < -0.4 is 0 Å². The SMILES string of the molecule is C=NN(/C(C)=N/C=N)[C@H]1CCN(C(=O)C#CC)C1. The molecule has 1 aliphatic rings. The third kappa shape index (κ3) is 3.17. The number of carbonyl (C=O) groups excluding carboxylic acids is 1. The van der Waals surface area contributed by atoms with Gasteiger partial charge in [-0.3, -0.25) is 10.2 Å². The Kier molecular flexibility index (Phi) is 5.06. The summed E-state index contributed by atoms with van der Waals surface area (Å²) in [5.74, 6) is 5.56. The lowest BCUT2D eigenvalue weighted by atomic mass is 10.2. The molecule has 1 N–H and O–H groups in total. The Balaban J connectivity index is 2.72. The first kappa shape index (κ1) is 13.9. The molecular formula is C12H17N5O. The van der Waals surface area contributed by atoms with Crippen LogP contribution in [-0.4, -0.2) is 53.8 Å². The van der Waals surface area contributed by atoms with Crippen molar-refractivity contribution in [2.45, 2.75) is 26.3 Å². The Morgan fingerprint density at radius 2 is 2.39 bits per heavy atom. The van der Waals surface area contributed by atoms with Gasteiger partial charge < -0.3 is 4.90 Å². The van der Waals surface area contributed by atoms with Gasteiger partial charge >= 0.3 is 0 Å². The topological polar surface area (TPSA) is 72.1 Å². The number of aliphatic imine (C=N–C) groups is 1. The molecule has 0 saturated carbocycles. The Morgan fingerprint density at radius 1 is 1.67 bits per heavy atom. The highest BCUT2D eigenvalue weighted by Gasteiger charge is 2.30. The lowest BCUT2D eigenvalue weighted by Crippen LogP contribution is -2.38. The Bertz CT molecular complexity index is 431. The minimum absolute atomic E-state index is 0.0498. The Hall–Kier alpha value is -2.16. The van der Waals surface area contributed by atoms with Gasteiger partial charge in [0.05, 0.1) is 6.04 Å². The number of carbonyl (C=O) groups is 1. The Labute approximate surface area is 107 Å². The van der Waals surface area contributed by atoms with Crippen molar-refractivity contribution in [3.05, 3.63) is 0 Å². The monoisotopic (exact) mass is 247 g/mol. The van der Waals surface area contributed by atoms with E-state index < -0.39 is 0 Å². The molecule has 1 rings (SSSR count). The van der Waals surface area contributed by atoms with Crippen LogP contribution in [0.15, 0.2) is 10.1 Å². The second-order valence-corrected chi connectivity index (χ2v) is 3.86. The summed E-state index contributed by atoms with van der Waals surface area (Å²) < 4.78 is 0. The van der Waals surface area contributed by atoms with E-state index in [2.05, 4.69) is 28.7 Å². The number of hydrazone groups is 1. The predicted molar refractivity (Wildman–Crippen MR) is 71.7 cm³/mol. The zero-order valence-corrected chi connectivity index (χ0v) is 10.7. The molecule has 0 radical (unpaired) electrons. The first-order valence-electron chi connectivity index (χ1n) is 5.65. The minimum atomic E-state index is -0.161. The number of rotatable bonds is 3.